The number of rotatable bonds is 5. The Morgan fingerprint density at radius 2 is 2.33 bits per heavy atom. The zero-order valence-electron chi connectivity index (χ0n) is 8.77. The molecule has 0 bridgehead atoms. The van der Waals surface area contributed by atoms with E-state index >= 15 is 0 Å². The van der Waals surface area contributed by atoms with E-state index in [9.17, 15) is 4.79 Å². The van der Waals surface area contributed by atoms with Crippen LogP contribution in [0.5, 0.6) is 0 Å². The second-order valence-electron chi connectivity index (χ2n) is 2.86. The van der Waals surface area contributed by atoms with Gasteiger partial charge in [-0.05, 0) is 19.1 Å². The van der Waals surface area contributed by atoms with Gasteiger partial charge in [0, 0.05) is 19.9 Å². The number of carbonyl (C=O) groups excluding carboxylic acids is 1. The van der Waals surface area contributed by atoms with Crippen LogP contribution in [0.15, 0.2) is 18.3 Å². The van der Waals surface area contributed by atoms with Crippen molar-refractivity contribution in [2.75, 3.05) is 13.7 Å². The van der Waals surface area contributed by atoms with Crippen LogP contribution in [-0.2, 0) is 9.47 Å². The monoisotopic (exact) mass is 210 g/mol. The molecule has 0 aromatic carbocycles. The van der Waals surface area contributed by atoms with Crippen LogP contribution in [0.3, 0.4) is 0 Å². The number of hydrogen-bond acceptors (Lipinski definition) is 4. The van der Waals surface area contributed by atoms with E-state index in [1.165, 1.54) is 13.3 Å². The number of carbonyl (C=O) groups is 1. The van der Waals surface area contributed by atoms with Gasteiger partial charge in [0.05, 0.1) is 11.3 Å². The van der Waals surface area contributed by atoms with E-state index in [1.807, 2.05) is 6.92 Å². The molecule has 5 nitrogen and oxygen atoms in total. The first kappa shape index (κ1) is 11.6. The van der Waals surface area contributed by atoms with Gasteiger partial charge in [-0.25, -0.2) is 0 Å². The van der Waals surface area contributed by atoms with Crippen molar-refractivity contribution in [3.63, 3.8) is 0 Å². The molecule has 1 aromatic rings. The van der Waals surface area contributed by atoms with Crippen LogP contribution in [0.25, 0.3) is 0 Å². The van der Waals surface area contributed by atoms with Crippen LogP contribution in [0.1, 0.15) is 29.3 Å². The summed E-state index contributed by atoms with van der Waals surface area (Å²) in [6.45, 7) is 2.39. The van der Waals surface area contributed by atoms with E-state index in [0.717, 1.165) is 0 Å². The van der Waals surface area contributed by atoms with E-state index < -0.39 is 12.2 Å². The van der Waals surface area contributed by atoms with Crippen LogP contribution in [0.4, 0.5) is 0 Å². The topological polar surface area (TPSA) is 74.4 Å². The van der Waals surface area contributed by atoms with Gasteiger partial charge < -0.3 is 15.2 Å². The highest BCUT2D eigenvalue weighted by atomic mass is 16.7. The van der Waals surface area contributed by atoms with Crippen LogP contribution >= 0.6 is 0 Å². The third kappa shape index (κ3) is 3.00. The maximum absolute atomic E-state index is 10.8. The number of nitrogens with two attached hydrogens (primary N) is 1. The zero-order chi connectivity index (χ0) is 11.3. The summed E-state index contributed by atoms with van der Waals surface area (Å²) >= 11 is 0. The van der Waals surface area contributed by atoms with Crippen molar-refractivity contribution < 1.29 is 14.3 Å². The minimum Gasteiger partial charge on any atom is -0.366 e. The smallest absolute Gasteiger partial charge is 0.250 e. The van der Waals surface area contributed by atoms with Gasteiger partial charge in [0.15, 0.2) is 0 Å². The number of nitrogens with zero attached hydrogens (tertiary/aromatic N) is 1. The number of amides is 1. The first-order valence-corrected chi connectivity index (χ1v) is 4.59. The lowest BCUT2D eigenvalue weighted by molar-refractivity contribution is -0.126. The molecule has 0 aliphatic heterocycles. The Bertz CT molecular complexity index is 324. The zero-order valence-corrected chi connectivity index (χ0v) is 8.77. The standard InChI is InChI=1S/C10H14N2O3/c1-3-15-10(14-2)8-5-4-7(6-12-8)9(11)13/h4-6,10H,3H2,1-2H3,(H2,11,13). The molecule has 0 spiro atoms. The first-order valence-electron chi connectivity index (χ1n) is 4.59. The van der Waals surface area contributed by atoms with Crippen LogP contribution in [0, 0.1) is 0 Å². The lowest BCUT2D eigenvalue weighted by Gasteiger charge is -2.14. The minimum absolute atomic E-state index is 0.366. The average molecular weight is 210 g/mol. The normalized spacial score (nSPS) is 12.4. The van der Waals surface area contributed by atoms with Crippen molar-refractivity contribution in [2.45, 2.75) is 13.2 Å². The summed E-state index contributed by atoms with van der Waals surface area (Å²) in [5.41, 5.74) is 6.07. The quantitative estimate of drug-likeness (QED) is 0.731. The minimum atomic E-state index is -0.503. The van der Waals surface area contributed by atoms with Gasteiger partial charge in [0.1, 0.15) is 0 Å². The van der Waals surface area contributed by atoms with Gasteiger partial charge in [-0.15, -0.1) is 0 Å². The van der Waals surface area contributed by atoms with Crippen molar-refractivity contribution >= 4 is 5.91 Å². The lowest BCUT2D eigenvalue weighted by atomic mass is 10.2. The lowest BCUT2D eigenvalue weighted by Crippen LogP contribution is -2.13. The number of hydrogen-bond donors (Lipinski definition) is 1. The second kappa shape index (κ2) is 5.43. The van der Waals surface area contributed by atoms with E-state index in [1.54, 1.807) is 12.1 Å². The largest absolute Gasteiger partial charge is 0.366 e. The average Bonchev–Trinajstić information content (AvgIpc) is 2.26. The van der Waals surface area contributed by atoms with Crippen LogP contribution in [0.2, 0.25) is 0 Å². The van der Waals surface area contributed by atoms with Crippen molar-refractivity contribution in [3.8, 4) is 0 Å². The molecule has 5 heteroatoms. The molecular formula is C10H14N2O3. The molecule has 0 aliphatic rings. The summed E-state index contributed by atoms with van der Waals surface area (Å²) in [6.07, 6.45) is 0.903. The van der Waals surface area contributed by atoms with Gasteiger partial charge in [-0.3, -0.25) is 9.78 Å². The molecule has 1 unspecified atom stereocenters. The molecule has 1 heterocycles. The summed E-state index contributed by atoms with van der Waals surface area (Å²) < 4.78 is 10.4. The van der Waals surface area contributed by atoms with Gasteiger partial charge in [-0.2, -0.15) is 0 Å². The molecule has 0 radical (unpaired) electrons. The maximum atomic E-state index is 10.8. The van der Waals surface area contributed by atoms with Crippen LogP contribution < -0.4 is 5.73 Å². The molecule has 1 rings (SSSR count). The predicted molar refractivity (Wildman–Crippen MR) is 54.1 cm³/mol. The number of ether oxygens (including phenoxy) is 2. The Kier molecular flexibility index (Phi) is 4.20. The van der Waals surface area contributed by atoms with Crippen molar-refractivity contribution in [1.82, 2.24) is 4.98 Å². The maximum Gasteiger partial charge on any atom is 0.250 e. The van der Waals surface area contributed by atoms with Gasteiger partial charge in [0.2, 0.25) is 12.2 Å². The third-order valence-corrected chi connectivity index (χ3v) is 1.84. The van der Waals surface area contributed by atoms with Gasteiger partial charge in [-0.1, -0.05) is 0 Å². The summed E-state index contributed by atoms with van der Waals surface area (Å²) in [4.78, 5) is 14.8. The fraction of sp³-hybridized carbons (Fsp3) is 0.400. The molecule has 1 aromatic heterocycles. The highest BCUT2D eigenvalue weighted by molar-refractivity contribution is 5.92. The Morgan fingerprint density at radius 1 is 1.60 bits per heavy atom. The van der Waals surface area contributed by atoms with Crippen molar-refractivity contribution in [1.29, 1.82) is 0 Å². The van der Waals surface area contributed by atoms with Crippen LogP contribution in [-0.4, -0.2) is 24.6 Å². The highest BCUT2D eigenvalue weighted by Crippen LogP contribution is 2.15. The molecule has 0 saturated heterocycles. The fourth-order valence-electron chi connectivity index (χ4n) is 1.12. The first-order chi connectivity index (χ1) is 7.19. The van der Waals surface area contributed by atoms with E-state index in [4.69, 9.17) is 15.2 Å². The third-order valence-electron chi connectivity index (χ3n) is 1.84. The number of aromatic nitrogens is 1. The molecular weight excluding hydrogens is 196 g/mol. The van der Waals surface area contributed by atoms with Gasteiger partial charge in [0.25, 0.3) is 0 Å². The van der Waals surface area contributed by atoms with E-state index in [2.05, 4.69) is 4.98 Å². The summed E-state index contributed by atoms with van der Waals surface area (Å²) in [5, 5.41) is 0. The molecule has 0 aliphatic carbocycles. The Morgan fingerprint density at radius 3 is 2.73 bits per heavy atom. The number of methoxy groups -OCH3 is 1. The molecule has 82 valence electrons. The van der Waals surface area contributed by atoms with E-state index in [-0.39, 0.29) is 0 Å². The summed E-state index contributed by atoms with van der Waals surface area (Å²) in [7, 11) is 1.53. The van der Waals surface area contributed by atoms with Crippen molar-refractivity contribution in [3.05, 3.63) is 29.6 Å². The van der Waals surface area contributed by atoms with E-state index in [0.29, 0.717) is 17.9 Å². The van der Waals surface area contributed by atoms with Crippen molar-refractivity contribution in [2.24, 2.45) is 5.73 Å². The Balaban J connectivity index is 2.81. The number of primary amides is 1. The SMILES string of the molecule is CCOC(OC)c1ccc(C(N)=O)cn1. The Hall–Kier alpha value is -1.46. The molecule has 2 N–H and O–H groups in total. The second-order valence-corrected chi connectivity index (χ2v) is 2.86. The fourth-order valence-corrected chi connectivity index (χ4v) is 1.12. The summed E-state index contributed by atoms with van der Waals surface area (Å²) in [6, 6.07) is 3.25. The molecule has 0 fully saturated rings. The highest BCUT2D eigenvalue weighted by Gasteiger charge is 2.11. The Labute approximate surface area is 88.2 Å². The molecule has 0 saturated carbocycles. The molecule has 15 heavy (non-hydrogen) atoms. The van der Waals surface area contributed by atoms with Gasteiger partial charge >= 0.3 is 0 Å². The predicted octanol–water partition coefficient (Wildman–Crippen LogP) is 0.862. The molecule has 1 amide bonds. The summed E-state index contributed by atoms with van der Waals surface area (Å²) in [5.74, 6) is -0.501. The number of pyridine rings is 1. The molecule has 1 atom stereocenters.